The van der Waals surface area contributed by atoms with Gasteiger partial charge in [0.1, 0.15) is 0 Å². The monoisotopic (exact) mass is 489 g/mol. The maximum Gasteiger partial charge on any atom is 0.255 e. The fourth-order valence-electron chi connectivity index (χ4n) is 4.33. The quantitative estimate of drug-likeness (QED) is 0.304. The third-order valence-electron chi connectivity index (χ3n) is 6.35. The highest BCUT2D eigenvalue weighted by Gasteiger charge is 2.16. The van der Waals surface area contributed by atoms with Gasteiger partial charge in [-0.2, -0.15) is 5.10 Å². The van der Waals surface area contributed by atoms with Crippen molar-refractivity contribution in [2.24, 2.45) is 7.05 Å². The lowest BCUT2D eigenvalue weighted by molar-refractivity contribution is 0.0935. The van der Waals surface area contributed by atoms with Crippen LogP contribution in [0.2, 0.25) is 0 Å². The Hall–Kier alpha value is -4.78. The lowest BCUT2D eigenvalue weighted by Crippen LogP contribution is -2.28. The molecule has 2 aromatic heterocycles. The number of carbonyl (C=O) groups is 2. The van der Waals surface area contributed by atoms with E-state index in [0.29, 0.717) is 16.8 Å². The van der Waals surface area contributed by atoms with Gasteiger partial charge in [-0.25, -0.2) is 0 Å². The smallest absolute Gasteiger partial charge is 0.255 e. The van der Waals surface area contributed by atoms with E-state index in [1.165, 1.54) is 0 Å². The van der Waals surface area contributed by atoms with Crippen molar-refractivity contribution in [3.05, 3.63) is 114 Å². The van der Waals surface area contributed by atoms with Gasteiger partial charge < -0.3 is 10.6 Å². The van der Waals surface area contributed by atoms with Gasteiger partial charge in [-0.1, -0.05) is 43.3 Å². The summed E-state index contributed by atoms with van der Waals surface area (Å²) in [6, 6.07) is 23.0. The standard InChI is InChI=1S/C30H27N5O2/c1-3-28(34-30(37)25-11-12-26-17-31-14-13-23(26)16-25)24-6-4-5-22(15-24)20-7-9-21(10-8-20)29(36)33-27-18-32-35(2)19-27/h4-19,28H,3H2,1-2H3,(H,33,36)(H,34,37). The molecule has 0 saturated heterocycles. The highest BCUT2D eigenvalue weighted by atomic mass is 16.2. The Labute approximate surface area is 215 Å². The summed E-state index contributed by atoms with van der Waals surface area (Å²) in [6.07, 6.45) is 7.62. The Morgan fingerprint density at radius 1 is 0.865 bits per heavy atom. The summed E-state index contributed by atoms with van der Waals surface area (Å²) >= 11 is 0. The molecule has 0 fully saturated rings. The minimum absolute atomic E-state index is 0.111. The molecule has 1 unspecified atom stereocenters. The number of aromatic nitrogens is 3. The molecule has 0 aliphatic heterocycles. The summed E-state index contributed by atoms with van der Waals surface area (Å²) < 4.78 is 1.64. The van der Waals surface area contributed by atoms with Crippen LogP contribution >= 0.6 is 0 Å². The Bertz CT molecular complexity index is 1570. The number of aryl methyl sites for hydroxylation is 1. The second kappa shape index (κ2) is 10.5. The largest absolute Gasteiger partial charge is 0.345 e. The van der Waals surface area contributed by atoms with E-state index in [0.717, 1.165) is 33.9 Å². The van der Waals surface area contributed by atoms with Gasteiger partial charge in [0, 0.05) is 42.2 Å². The molecular weight excluding hydrogens is 462 g/mol. The first kappa shape index (κ1) is 23.9. The van der Waals surface area contributed by atoms with Crippen LogP contribution in [0.4, 0.5) is 5.69 Å². The maximum atomic E-state index is 13.0. The van der Waals surface area contributed by atoms with E-state index in [4.69, 9.17) is 0 Å². The lowest BCUT2D eigenvalue weighted by Gasteiger charge is -2.19. The van der Waals surface area contributed by atoms with Crippen molar-refractivity contribution in [2.45, 2.75) is 19.4 Å². The van der Waals surface area contributed by atoms with Crippen molar-refractivity contribution in [1.29, 1.82) is 0 Å². The predicted octanol–water partition coefficient (Wildman–Crippen LogP) is 5.77. The minimum atomic E-state index is -0.188. The van der Waals surface area contributed by atoms with Crippen LogP contribution < -0.4 is 10.6 Å². The summed E-state index contributed by atoms with van der Waals surface area (Å²) in [5, 5.41) is 12.1. The van der Waals surface area contributed by atoms with Crippen LogP contribution in [0, 0.1) is 0 Å². The molecule has 184 valence electrons. The summed E-state index contributed by atoms with van der Waals surface area (Å²) in [5.41, 5.74) is 4.86. The van der Waals surface area contributed by atoms with Crippen LogP contribution in [0.1, 0.15) is 45.7 Å². The van der Waals surface area contributed by atoms with Crippen molar-refractivity contribution in [3.63, 3.8) is 0 Å². The number of hydrogen-bond donors (Lipinski definition) is 2. The van der Waals surface area contributed by atoms with Gasteiger partial charge in [0.15, 0.2) is 0 Å². The predicted molar refractivity (Wildman–Crippen MR) is 145 cm³/mol. The average molecular weight is 490 g/mol. The van der Waals surface area contributed by atoms with Gasteiger partial charge in [0.2, 0.25) is 0 Å². The van der Waals surface area contributed by atoms with Gasteiger partial charge in [0.25, 0.3) is 11.8 Å². The highest BCUT2D eigenvalue weighted by Crippen LogP contribution is 2.26. The number of nitrogens with one attached hydrogen (secondary N) is 2. The first-order chi connectivity index (χ1) is 18.0. The summed E-state index contributed by atoms with van der Waals surface area (Å²) in [7, 11) is 1.80. The van der Waals surface area contributed by atoms with E-state index >= 15 is 0 Å². The van der Waals surface area contributed by atoms with Gasteiger partial charge in [-0.15, -0.1) is 0 Å². The molecule has 3 aromatic carbocycles. The Morgan fingerprint density at radius 3 is 2.43 bits per heavy atom. The van der Waals surface area contributed by atoms with Crippen LogP contribution in [0.25, 0.3) is 21.9 Å². The van der Waals surface area contributed by atoms with Crippen molar-refractivity contribution in [3.8, 4) is 11.1 Å². The zero-order valence-electron chi connectivity index (χ0n) is 20.7. The number of nitrogens with zero attached hydrogens (tertiary/aromatic N) is 3. The number of hydrogen-bond acceptors (Lipinski definition) is 4. The Morgan fingerprint density at radius 2 is 1.68 bits per heavy atom. The van der Waals surface area contributed by atoms with Crippen molar-refractivity contribution in [2.75, 3.05) is 5.32 Å². The SMILES string of the molecule is CCC(NC(=O)c1ccc2cnccc2c1)c1cccc(-c2ccc(C(=O)Nc3cnn(C)c3)cc2)c1. The Kier molecular flexibility index (Phi) is 6.76. The first-order valence-corrected chi connectivity index (χ1v) is 12.1. The van der Waals surface area contributed by atoms with Crippen molar-refractivity contribution >= 4 is 28.3 Å². The van der Waals surface area contributed by atoms with Crippen LogP contribution in [-0.4, -0.2) is 26.6 Å². The number of rotatable bonds is 7. The molecule has 2 amide bonds. The zero-order chi connectivity index (χ0) is 25.8. The van der Waals surface area contributed by atoms with Gasteiger partial charge in [0.05, 0.1) is 17.9 Å². The molecule has 5 rings (SSSR count). The van der Waals surface area contributed by atoms with Crippen LogP contribution in [0.15, 0.2) is 97.6 Å². The molecule has 2 N–H and O–H groups in total. The van der Waals surface area contributed by atoms with Crippen molar-refractivity contribution in [1.82, 2.24) is 20.1 Å². The molecule has 0 spiro atoms. The molecule has 1 atom stereocenters. The van der Waals surface area contributed by atoms with E-state index in [1.54, 1.807) is 36.5 Å². The van der Waals surface area contributed by atoms with Crippen LogP contribution in [0.5, 0.6) is 0 Å². The second-order valence-corrected chi connectivity index (χ2v) is 8.93. The summed E-state index contributed by atoms with van der Waals surface area (Å²) in [4.78, 5) is 29.7. The summed E-state index contributed by atoms with van der Waals surface area (Å²) in [5.74, 6) is -0.299. The molecule has 7 heteroatoms. The molecule has 5 aromatic rings. The number of benzene rings is 3. The molecule has 37 heavy (non-hydrogen) atoms. The van der Waals surface area contributed by atoms with E-state index < -0.39 is 0 Å². The fraction of sp³-hybridized carbons (Fsp3) is 0.133. The third kappa shape index (κ3) is 5.41. The number of carbonyl (C=O) groups excluding carboxylic acids is 2. The molecule has 7 nitrogen and oxygen atoms in total. The van der Waals surface area contributed by atoms with Crippen LogP contribution in [-0.2, 0) is 7.05 Å². The van der Waals surface area contributed by atoms with Gasteiger partial charge in [-0.05, 0) is 64.9 Å². The van der Waals surface area contributed by atoms with Gasteiger partial charge >= 0.3 is 0 Å². The number of amides is 2. The third-order valence-corrected chi connectivity index (χ3v) is 6.35. The fourth-order valence-corrected chi connectivity index (χ4v) is 4.33. The normalized spacial score (nSPS) is 11.7. The highest BCUT2D eigenvalue weighted by molar-refractivity contribution is 6.04. The maximum absolute atomic E-state index is 13.0. The number of fused-ring (bicyclic) bond motifs is 1. The van der Waals surface area contributed by atoms with E-state index in [-0.39, 0.29) is 17.9 Å². The Balaban J connectivity index is 1.30. The second-order valence-electron chi connectivity index (χ2n) is 8.93. The van der Waals surface area contributed by atoms with E-state index in [2.05, 4.69) is 33.7 Å². The molecule has 0 bridgehead atoms. The zero-order valence-corrected chi connectivity index (χ0v) is 20.7. The molecule has 0 saturated carbocycles. The molecular formula is C30H27N5O2. The van der Waals surface area contributed by atoms with Gasteiger partial charge in [-0.3, -0.25) is 19.3 Å². The molecule has 2 heterocycles. The average Bonchev–Trinajstić information content (AvgIpc) is 3.35. The first-order valence-electron chi connectivity index (χ1n) is 12.1. The number of pyridine rings is 1. The number of anilines is 1. The minimum Gasteiger partial charge on any atom is -0.345 e. The van der Waals surface area contributed by atoms with Crippen LogP contribution in [0.3, 0.4) is 0 Å². The summed E-state index contributed by atoms with van der Waals surface area (Å²) in [6.45, 7) is 2.05. The molecule has 0 aliphatic carbocycles. The van der Waals surface area contributed by atoms with E-state index in [9.17, 15) is 9.59 Å². The van der Waals surface area contributed by atoms with Crippen molar-refractivity contribution < 1.29 is 9.59 Å². The molecule has 0 radical (unpaired) electrons. The lowest BCUT2D eigenvalue weighted by atomic mass is 9.97. The molecule has 0 aliphatic rings. The van der Waals surface area contributed by atoms with E-state index in [1.807, 2.05) is 66.7 Å². The topological polar surface area (TPSA) is 88.9 Å².